The summed E-state index contributed by atoms with van der Waals surface area (Å²) in [6.45, 7) is 26.1. The number of hydrogen-bond acceptors (Lipinski definition) is 16. The molecule has 28 heteroatoms. The van der Waals surface area contributed by atoms with Crippen LogP contribution in [0.5, 0.6) is 0 Å². The van der Waals surface area contributed by atoms with E-state index in [-0.39, 0.29) is 62.8 Å². The van der Waals surface area contributed by atoms with E-state index in [0.29, 0.717) is 26.2 Å². The van der Waals surface area contributed by atoms with Crippen LogP contribution < -0.4 is 21.3 Å². The van der Waals surface area contributed by atoms with Gasteiger partial charge in [-0.25, -0.2) is 4.79 Å². The van der Waals surface area contributed by atoms with E-state index in [2.05, 4.69) is 21.3 Å². The SMILES string of the molecule is C/C=C/C[C@@H](C)[C@@H](O)[C@H]1C(=O)N[C@@H](CC)C(=O)N2CC(OC(=O)N3CCN(C)CC3)C[C@@H]2C(=O)N(C)[C@@H](CO)C(=O)N[C@@H](C(C)C)C(=O)N(C)[C@@H](CC(C)C)C(=O)N[C@@H](C)C(=O)N[C@H](C)C(=O)N(C)[C@@H](CC(C)C)C(=O)N(C)[C@@H](CC(C)C)C(=O)N(C)[C@@H](C(C)C)C(=O)N1C. The number of ether oxygens (including phenoxy) is 1. The summed E-state index contributed by atoms with van der Waals surface area (Å²) in [5.41, 5.74) is 0. The first-order valence-corrected chi connectivity index (χ1v) is 33.9. The number of rotatable bonds is 15. The molecule has 3 saturated heterocycles. The van der Waals surface area contributed by atoms with Crippen molar-refractivity contribution in [3.63, 3.8) is 0 Å². The number of amides is 12. The third kappa shape index (κ3) is 21.5. The number of aliphatic hydroxyl groups is 2. The number of piperazine rings is 1. The number of allylic oxidation sites excluding steroid dienone is 2. The van der Waals surface area contributed by atoms with Crippen LogP contribution in [0.1, 0.15) is 142 Å². The second-order valence-corrected chi connectivity index (χ2v) is 28.4. The molecule has 0 aromatic carbocycles. The predicted molar refractivity (Wildman–Crippen MR) is 358 cm³/mol. The van der Waals surface area contributed by atoms with E-state index < -0.39 is 174 Å². The minimum absolute atomic E-state index is 0.0912. The third-order valence-corrected chi connectivity index (χ3v) is 18.6. The van der Waals surface area contributed by atoms with Gasteiger partial charge in [-0.3, -0.25) is 52.7 Å². The number of aliphatic hydroxyl groups excluding tert-OH is 2. The van der Waals surface area contributed by atoms with Gasteiger partial charge < -0.3 is 80.3 Å². The molecule has 14 atom stereocenters. The monoisotopic (exact) mass is 1340 g/mol. The molecule has 6 N–H and O–H groups in total. The van der Waals surface area contributed by atoms with Gasteiger partial charge in [0.05, 0.1) is 19.3 Å². The highest BCUT2D eigenvalue weighted by Gasteiger charge is 2.49. The average molecular weight is 1340 g/mol. The molecular formula is C67H117N13O15. The van der Waals surface area contributed by atoms with Crippen molar-refractivity contribution < 1.29 is 72.5 Å². The van der Waals surface area contributed by atoms with Crippen molar-refractivity contribution in [1.29, 1.82) is 0 Å². The first kappa shape index (κ1) is 82.3. The van der Waals surface area contributed by atoms with E-state index >= 15 is 28.8 Å². The molecule has 28 nitrogen and oxygen atoms in total. The molecule has 0 aromatic rings. The van der Waals surface area contributed by atoms with Crippen molar-refractivity contribution in [3.05, 3.63) is 12.2 Å². The van der Waals surface area contributed by atoms with E-state index in [1.165, 1.54) is 75.7 Å². The summed E-state index contributed by atoms with van der Waals surface area (Å²) >= 11 is 0. The van der Waals surface area contributed by atoms with Gasteiger partial charge >= 0.3 is 6.09 Å². The van der Waals surface area contributed by atoms with Crippen molar-refractivity contribution in [2.45, 2.75) is 221 Å². The van der Waals surface area contributed by atoms with E-state index in [0.717, 1.165) is 19.6 Å². The lowest BCUT2D eigenvalue weighted by molar-refractivity contribution is -0.157. The Morgan fingerprint density at radius 2 is 1.01 bits per heavy atom. The maximum atomic E-state index is 15.4. The molecule has 0 bridgehead atoms. The molecule has 1 unspecified atom stereocenters. The Labute approximate surface area is 564 Å². The molecule has 0 aliphatic carbocycles. The molecular weight excluding hydrogens is 1230 g/mol. The number of nitrogens with zero attached hydrogens (tertiary/aromatic N) is 9. The molecule has 3 rings (SSSR count). The lowest BCUT2D eigenvalue weighted by Gasteiger charge is -2.41. The molecule has 95 heavy (non-hydrogen) atoms. The van der Waals surface area contributed by atoms with Crippen LogP contribution in [0.2, 0.25) is 0 Å². The summed E-state index contributed by atoms with van der Waals surface area (Å²) in [6, 6.07) is -15.2. The van der Waals surface area contributed by atoms with Crippen molar-refractivity contribution >= 4 is 71.1 Å². The molecule has 3 fully saturated rings. The second-order valence-electron chi connectivity index (χ2n) is 28.4. The summed E-state index contributed by atoms with van der Waals surface area (Å²) in [5.74, 6) is -11.1. The number of carbonyl (C=O) groups is 12. The molecule has 3 aliphatic heterocycles. The fraction of sp³-hybridized carbons (Fsp3) is 0.791. The molecule has 0 spiro atoms. The molecule has 3 heterocycles. The normalized spacial score (nSPS) is 28.5. The quantitative estimate of drug-likeness (QED) is 0.125. The predicted octanol–water partition coefficient (Wildman–Crippen LogP) is 1.11. The van der Waals surface area contributed by atoms with Gasteiger partial charge in [0.1, 0.15) is 72.6 Å². The van der Waals surface area contributed by atoms with Crippen LogP contribution in [0.3, 0.4) is 0 Å². The molecule has 0 saturated carbocycles. The average Bonchev–Trinajstić information content (AvgIpc) is 1.53. The summed E-state index contributed by atoms with van der Waals surface area (Å²) in [7, 11) is 10.1. The van der Waals surface area contributed by atoms with Crippen LogP contribution in [0.25, 0.3) is 0 Å². The smallest absolute Gasteiger partial charge is 0.410 e. The van der Waals surface area contributed by atoms with Gasteiger partial charge in [-0.1, -0.05) is 95.2 Å². The van der Waals surface area contributed by atoms with E-state index in [1.807, 2.05) is 53.5 Å². The Balaban J connectivity index is 2.38. The van der Waals surface area contributed by atoms with E-state index in [4.69, 9.17) is 4.74 Å². The Bertz CT molecular complexity index is 2700. The van der Waals surface area contributed by atoms with Crippen LogP contribution >= 0.6 is 0 Å². The second kappa shape index (κ2) is 37.0. The fourth-order valence-corrected chi connectivity index (χ4v) is 12.5. The van der Waals surface area contributed by atoms with Crippen molar-refractivity contribution in [3.8, 4) is 0 Å². The van der Waals surface area contributed by atoms with E-state index in [9.17, 15) is 39.0 Å². The van der Waals surface area contributed by atoms with Crippen molar-refractivity contribution in [1.82, 2.24) is 65.4 Å². The Morgan fingerprint density at radius 1 is 0.537 bits per heavy atom. The zero-order valence-corrected chi connectivity index (χ0v) is 60.8. The molecule has 540 valence electrons. The van der Waals surface area contributed by atoms with Gasteiger partial charge in [0.15, 0.2) is 0 Å². The van der Waals surface area contributed by atoms with Crippen LogP contribution in [0.15, 0.2) is 12.2 Å². The van der Waals surface area contributed by atoms with Gasteiger partial charge in [-0.2, -0.15) is 0 Å². The first-order chi connectivity index (χ1) is 44.2. The van der Waals surface area contributed by atoms with E-state index in [1.54, 1.807) is 60.6 Å². The number of fused-ring (bicyclic) bond motifs is 1. The number of hydrogen-bond donors (Lipinski definition) is 6. The Kier molecular flexibility index (Phi) is 32.0. The number of nitrogens with one attached hydrogen (secondary N) is 4. The molecule has 0 radical (unpaired) electrons. The van der Waals surface area contributed by atoms with Gasteiger partial charge in [0, 0.05) is 74.9 Å². The van der Waals surface area contributed by atoms with Crippen molar-refractivity contribution in [2.75, 3.05) is 88.7 Å². The van der Waals surface area contributed by atoms with Gasteiger partial charge in [0.2, 0.25) is 65.0 Å². The highest BCUT2D eigenvalue weighted by molar-refractivity contribution is 6.00. The Morgan fingerprint density at radius 3 is 1.51 bits per heavy atom. The standard InChI is InChI=1S/C67H117N13O15/c1-23-25-26-42(13)55(82)54-59(86)70-46(24-2)61(88)80-35-45(95-67(94)79-29-27-72(16)28-30-79)34-50(80)64(91)76(20)51(36-81)58(85)71-52(40(9)10)65(92)73(17)47(31-37(3)4)57(84)68-43(14)56(83)69-44(15)60(87)74(18)48(32-38(5)6)62(89)75(19)49(33-39(7)8)63(90)77(21)53(41(11)12)66(93)78(54)22/h23,25,37-55,81-82H,24,26-36H2,1-22H3,(H,68,84)(H,69,83)(H,70,86)(H,71,85)/b25-23+/t42-,43+,44-,45?,46+,47+,48+,49+,50-,51+,52+,53+,54+,55-/m1/s1. The van der Waals surface area contributed by atoms with Crippen LogP contribution in [0.4, 0.5) is 4.79 Å². The van der Waals surface area contributed by atoms with Gasteiger partial charge in [-0.05, 0) is 95.4 Å². The number of carbonyl (C=O) groups excluding carboxylic acids is 12. The largest absolute Gasteiger partial charge is 0.444 e. The van der Waals surface area contributed by atoms with Crippen molar-refractivity contribution in [2.24, 2.45) is 35.5 Å². The van der Waals surface area contributed by atoms with Gasteiger partial charge in [0.25, 0.3) is 0 Å². The zero-order chi connectivity index (χ0) is 72.5. The fourth-order valence-electron chi connectivity index (χ4n) is 12.5. The number of likely N-dealkylation sites (N-methyl/N-ethyl adjacent to an activating group) is 7. The van der Waals surface area contributed by atoms with Gasteiger partial charge in [-0.15, -0.1) is 0 Å². The summed E-state index contributed by atoms with van der Waals surface area (Å²) in [5, 5.41) is 34.1. The minimum atomic E-state index is -1.72. The highest BCUT2D eigenvalue weighted by Crippen LogP contribution is 2.29. The molecule has 12 amide bonds. The minimum Gasteiger partial charge on any atom is -0.444 e. The summed E-state index contributed by atoms with van der Waals surface area (Å²) < 4.78 is 6.00. The summed E-state index contributed by atoms with van der Waals surface area (Å²) in [4.78, 5) is 189. The van der Waals surface area contributed by atoms with Crippen LogP contribution in [-0.4, -0.2) is 293 Å². The maximum absolute atomic E-state index is 15.4. The highest BCUT2D eigenvalue weighted by atomic mass is 16.6. The zero-order valence-electron chi connectivity index (χ0n) is 60.8. The topological polar surface area (TPSA) is 332 Å². The summed E-state index contributed by atoms with van der Waals surface area (Å²) in [6.07, 6.45) is 0.350. The third-order valence-electron chi connectivity index (χ3n) is 18.6. The molecule has 0 aromatic heterocycles. The molecule has 3 aliphatic rings. The first-order valence-electron chi connectivity index (χ1n) is 33.9. The lowest BCUT2D eigenvalue weighted by Crippen LogP contribution is -2.64. The van der Waals surface area contributed by atoms with Crippen LogP contribution in [0, 0.1) is 35.5 Å². The lowest BCUT2D eigenvalue weighted by atomic mass is 9.91. The maximum Gasteiger partial charge on any atom is 0.410 e. The Hall–Kier alpha value is -6.94. The van der Waals surface area contributed by atoms with Crippen LogP contribution in [-0.2, 0) is 57.5 Å².